The van der Waals surface area contributed by atoms with Crippen LogP contribution < -0.4 is 5.32 Å². The van der Waals surface area contributed by atoms with E-state index in [9.17, 15) is 4.79 Å². The van der Waals surface area contributed by atoms with Gasteiger partial charge in [-0.2, -0.15) is 11.8 Å². The molecule has 0 unspecified atom stereocenters. The van der Waals surface area contributed by atoms with Crippen LogP contribution in [0.1, 0.15) is 40.9 Å². The maximum Gasteiger partial charge on any atom is 0.357 e. The Balaban J connectivity index is 2.25. The van der Waals surface area contributed by atoms with E-state index in [-0.39, 0.29) is 5.97 Å². The lowest BCUT2D eigenvalue weighted by Gasteiger charge is -2.07. The van der Waals surface area contributed by atoms with Gasteiger partial charge < -0.3 is 10.1 Å². The van der Waals surface area contributed by atoms with Crippen molar-refractivity contribution in [3.63, 3.8) is 0 Å². The van der Waals surface area contributed by atoms with Gasteiger partial charge in [-0.15, -0.1) is 0 Å². The first-order valence-corrected chi connectivity index (χ1v) is 7.17. The van der Waals surface area contributed by atoms with Gasteiger partial charge in [-0.25, -0.2) is 14.8 Å². The predicted octanol–water partition coefficient (Wildman–Crippen LogP) is 1.51. The van der Waals surface area contributed by atoms with Crippen LogP contribution >= 0.6 is 11.8 Å². The van der Waals surface area contributed by atoms with E-state index in [0.29, 0.717) is 18.8 Å². The topological polar surface area (TPSA) is 64.1 Å². The lowest BCUT2D eigenvalue weighted by molar-refractivity contribution is 0.0592. The van der Waals surface area contributed by atoms with Crippen molar-refractivity contribution in [1.29, 1.82) is 0 Å². The highest BCUT2D eigenvalue weighted by atomic mass is 32.2. The van der Waals surface area contributed by atoms with E-state index < -0.39 is 0 Å². The number of carbonyl (C=O) groups excluding carboxylic acids is 1. The number of aromatic nitrogens is 2. The molecule has 0 fully saturated rings. The number of methoxy groups -OCH3 is 1. The van der Waals surface area contributed by atoms with Crippen LogP contribution in [0, 0.1) is 0 Å². The first kappa shape index (κ1) is 13.3. The van der Waals surface area contributed by atoms with Crippen molar-refractivity contribution in [3.8, 4) is 0 Å². The number of rotatable bonds is 5. The zero-order valence-corrected chi connectivity index (χ0v) is 11.5. The average molecular weight is 267 g/mol. The number of carbonyl (C=O) groups is 1. The fourth-order valence-electron chi connectivity index (χ4n) is 1.86. The summed E-state index contributed by atoms with van der Waals surface area (Å²) in [6.45, 7) is 3.48. The highest BCUT2D eigenvalue weighted by molar-refractivity contribution is 7.98. The summed E-state index contributed by atoms with van der Waals surface area (Å²) in [7, 11) is 1.38. The molecular weight excluding hydrogens is 250 g/mol. The van der Waals surface area contributed by atoms with Gasteiger partial charge in [-0.1, -0.05) is 6.92 Å². The molecule has 0 aromatic carbocycles. The van der Waals surface area contributed by atoms with E-state index in [1.165, 1.54) is 7.11 Å². The van der Waals surface area contributed by atoms with Gasteiger partial charge in [0.2, 0.25) is 0 Å². The molecule has 1 N–H and O–H groups in total. The molecule has 0 saturated heterocycles. The second kappa shape index (κ2) is 6.15. The summed E-state index contributed by atoms with van der Waals surface area (Å²) in [5, 5.41) is 3.18. The molecule has 5 nitrogen and oxygen atoms in total. The minimum absolute atomic E-state index is 0.376. The number of esters is 1. The van der Waals surface area contributed by atoms with Crippen LogP contribution in [-0.2, 0) is 23.6 Å². The Morgan fingerprint density at radius 1 is 1.44 bits per heavy atom. The SMILES string of the molecule is CCCSCc1nc2c(c(C(=O)OC)n1)CNC2. The van der Waals surface area contributed by atoms with Gasteiger partial charge in [-0.3, -0.25) is 0 Å². The van der Waals surface area contributed by atoms with Gasteiger partial charge in [0.1, 0.15) is 5.82 Å². The molecule has 1 aromatic rings. The summed E-state index contributed by atoms with van der Waals surface area (Å²) in [6, 6.07) is 0. The number of hydrogen-bond donors (Lipinski definition) is 1. The smallest absolute Gasteiger partial charge is 0.357 e. The zero-order chi connectivity index (χ0) is 13.0. The fraction of sp³-hybridized carbons (Fsp3) is 0.583. The zero-order valence-electron chi connectivity index (χ0n) is 10.7. The molecule has 1 aromatic heterocycles. The fourth-order valence-corrected chi connectivity index (χ4v) is 2.60. The summed E-state index contributed by atoms with van der Waals surface area (Å²) in [5.74, 6) is 2.16. The van der Waals surface area contributed by atoms with Crippen molar-refractivity contribution in [2.75, 3.05) is 12.9 Å². The summed E-state index contributed by atoms with van der Waals surface area (Å²) < 4.78 is 4.78. The largest absolute Gasteiger partial charge is 0.464 e. The molecule has 0 radical (unpaired) electrons. The van der Waals surface area contributed by atoms with Crippen LogP contribution in [0.3, 0.4) is 0 Å². The molecule has 0 bridgehead atoms. The molecule has 18 heavy (non-hydrogen) atoms. The number of hydrogen-bond acceptors (Lipinski definition) is 6. The maximum atomic E-state index is 11.7. The minimum Gasteiger partial charge on any atom is -0.464 e. The normalized spacial score (nSPS) is 13.4. The lowest BCUT2D eigenvalue weighted by Crippen LogP contribution is -2.12. The first-order chi connectivity index (χ1) is 8.76. The molecule has 0 aliphatic carbocycles. The van der Waals surface area contributed by atoms with Gasteiger partial charge in [0.25, 0.3) is 0 Å². The number of nitrogens with one attached hydrogen (secondary N) is 1. The molecule has 0 spiro atoms. The Bertz CT molecular complexity index is 451. The number of thioether (sulfide) groups is 1. The van der Waals surface area contributed by atoms with E-state index in [1.54, 1.807) is 11.8 Å². The molecule has 1 aliphatic heterocycles. The Labute approximate surface area is 111 Å². The molecule has 2 heterocycles. The molecule has 2 rings (SSSR count). The predicted molar refractivity (Wildman–Crippen MR) is 70.4 cm³/mol. The van der Waals surface area contributed by atoms with E-state index in [2.05, 4.69) is 22.2 Å². The standard InChI is InChI=1S/C12H17N3O2S/c1-3-4-18-7-10-14-9-6-13-5-8(9)11(15-10)12(16)17-2/h13H,3-7H2,1-2H3. The lowest BCUT2D eigenvalue weighted by atomic mass is 10.2. The molecule has 0 atom stereocenters. The Morgan fingerprint density at radius 3 is 3.00 bits per heavy atom. The summed E-state index contributed by atoms with van der Waals surface area (Å²) in [5.41, 5.74) is 2.23. The van der Waals surface area contributed by atoms with Crippen molar-refractivity contribution in [1.82, 2.24) is 15.3 Å². The van der Waals surface area contributed by atoms with Crippen LogP contribution in [0.15, 0.2) is 0 Å². The van der Waals surface area contributed by atoms with Gasteiger partial charge in [0.05, 0.1) is 18.6 Å². The van der Waals surface area contributed by atoms with Crippen LogP contribution in [0.5, 0.6) is 0 Å². The van der Waals surface area contributed by atoms with E-state index >= 15 is 0 Å². The summed E-state index contributed by atoms with van der Waals surface area (Å²) in [4.78, 5) is 20.5. The Kier molecular flexibility index (Phi) is 4.54. The number of ether oxygens (including phenoxy) is 1. The van der Waals surface area contributed by atoms with Gasteiger partial charge in [0, 0.05) is 18.7 Å². The van der Waals surface area contributed by atoms with Crippen molar-refractivity contribution >= 4 is 17.7 Å². The van der Waals surface area contributed by atoms with Gasteiger partial charge in [0.15, 0.2) is 5.69 Å². The highest BCUT2D eigenvalue weighted by Gasteiger charge is 2.23. The second-order valence-electron chi connectivity index (χ2n) is 4.06. The van der Waals surface area contributed by atoms with Crippen molar-refractivity contribution in [2.24, 2.45) is 0 Å². The summed E-state index contributed by atoms with van der Waals surface area (Å²) >= 11 is 1.78. The Morgan fingerprint density at radius 2 is 2.28 bits per heavy atom. The molecule has 1 aliphatic rings. The van der Waals surface area contributed by atoms with E-state index in [4.69, 9.17) is 4.74 Å². The molecule has 6 heteroatoms. The van der Waals surface area contributed by atoms with E-state index in [0.717, 1.165) is 35.0 Å². The monoisotopic (exact) mass is 267 g/mol. The quantitative estimate of drug-likeness (QED) is 0.644. The van der Waals surface area contributed by atoms with Crippen LogP contribution in [-0.4, -0.2) is 28.8 Å². The third-order valence-electron chi connectivity index (χ3n) is 2.69. The van der Waals surface area contributed by atoms with Crippen molar-refractivity contribution in [3.05, 3.63) is 22.8 Å². The Hall–Kier alpha value is -1.14. The molecule has 98 valence electrons. The number of fused-ring (bicyclic) bond motifs is 1. The van der Waals surface area contributed by atoms with Crippen molar-refractivity contribution < 1.29 is 9.53 Å². The van der Waals surface area contributed by atoms with E-state index in [1.807, 2.05) is 0 Å². The van der Waals surface area contributed by atoms with Crippen LogP contribution in [0.2, 0.25) is 0 Å². The summed E-state index contributed by atoms with van der Waals surface area (Å²) in [6.07, 6.45) is 1.13. The van der Waals surface area contributed by atoms with Crippen LogP contribution in [0.4, 0.5) is 0 Å². The van der Waals surface area contributed by atoms with Crippen molar-refractivity contribution in [2.45, 2.75) is 32.2 Å². The molecular formula is C12H17N3O2S. The highest BCUT2D eigenvalue weighted by Crippen LogP contribution is 2.19. The minimum atomic E-state index is -0.376. The molecule has 0 amide bonds. The van der Waals surface area contributed by atoms with Gasteiger partial charge >= 0.3 is 5.97 Å². The maximum absolute atomic E-state index is 11.7. The third kappa shape index (κ3) is 2.81. The first-order valence-electron chi connectivity index (χ1n) is 6.01. The van der Waals surface area contributed by atoms with Crippen LogP contribution in [0.25, 0.3) is 0 Å². The second-order valence-corrected chi connectivity index (χ2v) is 5.17. The average Bonchev–Trinajstić information content (AvgIpc) is 2.85. The van der Waals surface area contributed by atoms with Gasteiger partial charge in [-0.05, 0) is 12.2 Å². The number of nitrogens with zero attached hydrogens (tertiary/aromatic N) is 2. The molecule has 0 saturated carbocycles. The third-order valence-corrected chi connectivity index (χ3v) is 3.85.